The highest BCUT2D eigenvalue weighted by molar-refractivity contribution is 5.95. The SMILES string of the molecule is CCNC(=O)CNc1cccc(C(=O)NCC)c1. The number of carbonyl (C=O) groups excluding carboxylic acids is 2. The summed E-state index contributed by atoms with van der Waals surface area (Å²) in [6, 6.07) is 7.07. The highest BCUT2D eigenvalue weighted by Crippen LogP contribution is 2.10. The number of anilines is 1. The molecule has 0 unspecified atom stereocenters. The summed E-state index contributed by atoms with van der Waals surface area (Å²) in [5.74, 6) is -0.180. The second kappa shape index (κ2) is 7.32. The van der Waals surface area contributed by atoms with Crippen molar-refractivity contribution in [3.05, 3.63) is 29.8 Å². The third kappa shape index (κ3) is 4.45. The van der Waals surface area contributed by atoms with Crippen molar-refractivity contribution in [3.8, 4) is 0 Å². The van der Waals surface area contributed by atoms with Gasteiger partial charge < -0.3 is 16.0 Å². The molecule has 1 rings (SSSR count). The summed E-state index contributed by atoms with van der Waals surface area (Å²) in [4.78, 5) is 22.9. The third-order valence-corrected chi connectivity index (χ3v) is 2.29. The van der Waals surface area contributed by atoms with E-state index in [1.807, 2.05) is 19.9 Å². The van der Waals surface area contributed by atoms with Crippen LogP contribution < -0.4 is 16.0 Å². The van der Waals surface area contributed by atoms with Crippen molar-refractivity contribution < 1.29 is 9.59 Å². The molecule has 0 saturated heterocycles. The Morgan fingerprint density at radius 1 is 1.11 bits per heavy atom. The van der Waals surface area contributed by atoms with E-state index in [9.17, 15) is 9.59 Å². The Bertz CT molecular complexity index is 418. The Kier molecular flexibility index (Phi) is 5.70. The van der Waals surface area contributed by atoms with Crippen LogP contribution in [-0.2, 0) is 4.79 Å². The summed E-state index contributed by atoms with van der Waals surface area (Å²) in [7, 11) is 0. The van der Waals surface area contributed by atoms with Gasteiger partial charge in [-0.2, -0.15) is 0 Å². The van der Waals surface area contributed by atoms with Crippen LogP contribution in [0.5, 0.6) is 0 Å². The van der Waals surface area contributed by atoms with Gasteiger partial charge in [0.25, 0.3) is 5.91 Å². The number of hydrogen-bond donors (Lipinski definition) is 3. The fraction of sp³-hybridized carbons (Fsp3) is 0.385. The Labute approximate surface area is 107 Å². The van der Waals surface area contributed by atoms with Crippen LogP contribution in [0.3, 0.4) is 0 Å². The maximum Gasteiger partial charge on any atom is 0.251 e. The number of likely N-dealkylation sites (N-methyl/N-ethyl adjacent to an activating group) is 1. The molecule has 98 valence electrons. The van der Waals surface area contributed by atoms with Gasteiger partial charge in [-0.05, 0) is 32.0 Å². The van der Waals surface area contributed by atoms with E-state index in [1.165, 1.54) is 0 Å². The molecule has 5 nitrogen and oxygen atoms in total. The van der Waals surface area contributed by atoms with E-state index in [2.05, 4.69) is 16.0 Å². The molecule has 0 aliphatic carbocycles. The van der Waals surface area contributed by atoms with Crippen molar-refractivity contribution in [1.82, 2.24) is 10.6 Å². The van der Waals surface area contributed by atoms with Crippen LogP contribution in [0.25, 0.3) is 0 Å². The molecule has 2 amide bonds. The summed E-state index contributed by atoms with van der Waals surface area (Å²) >= 11 is 0. The van der Waals surface area contributed by atoms with Gasteiger partial charge >= 0.3 is 0 Å². The monoisotopic (exact) mass is 249 g/mol. The summed E-state index contributed by atoms with van der Waals surface area (Å²) in [6.45, 7) is 5.14. The summed E-state index contributed by atoms with van der Waals surface area (Å²) in [5.41, 5.74) is 1.34. The second-order valence-electron chi connectivity index (χ2n) is 3.75. The van der Waals surface area contributed by atoms with E-state index >= 15 is 0 Å². The lowest BCUT2D eigenvalue weighted by molar-refractivity contribution is -0.119. The zero-order valence-electron chi connectivity index (χ0n) is 10.7. The molecule has 0 heterocycles. The highest BCUT2D eigenvalue weighted by atomic mass is 16.2. The molecular formula is C13H19N3O2. The summed E-state index contributed by atoms with van der Waals surface area (Å²) in [5, 5.41) is 8.40. The highest BCUT2D eigenvalue weighted by Gasteiger charge is 2.05. The maximum absolute atomic E-state index is 11.6. The summed E-state index contributed by atoms with van der Waals surface area (Å²) in [6.07, 6.45) is 0. The molecule has 0 saturated carbocycles. The zero-order chi connectivity index (χ0) is 13.4. The maximum atomic E-state index is 11.6. The Morgan fingerprint density at radius 2 is 1.83 bits per heavy atom. The lowest BCUT2D eigenvalue weighted by atomic mass is 10.2. The molecular weight excluding hydrogens is 230 g/mol. The summed E-state index contributed by atoms with van der Waals surface area (Å²) < 4.78 is 0. The molecule has 0 aliphatic rings. The van der Waals surface area contributed by atoms with Crippen molar-refractivity contribution in [2.45, 2.75) is 13.8 Å². The predicted octanol–water partition coefficient (Wildman–Crippen LogP) is 0.984. The first kappa shape index (κ1) is 14.0. The van der Waals surface area contributed by atoms with Crippen LogP contribution >= 0.6 is 0 Å². The molecule has 0 spiro atoms. The first-order chi connectivity index (χ1) is 8.67. The van der Waals surface area contributed by atoms with Crippen molar-refractivity contribution in [2.24, 2.45) is 0 Å². The molecule has 0 radical (unpaired) electrons. The third-order valence-electron chi connectivity index (χ3n) is 2.29. The lowest BCUT2D eigenvalue weighted by Gasteiger charge is -2.08. The normalized spacial score (nSPS) is 9.67. The van der Waals surface area contributed by atoms with Crippen LogP contribution in [0.15, 0.2) is 24.3 Å². The Balaban J connectivity index is 2.59. The predicted molar refractivity (Wildman–Crippen MR) is 71.6 cm³/mol. The largest absolute Gasteiger partial charge is 0.376 e. The minimum atomic E-state index is -0.112. The number of hydrogen-bond acceptors (Lipinski definition) is 3. The Hall–Kier alpha value is -2.04. The van der Waals surface area contributed by atoms with E-state index < -0.39 is 0 Å². The van der Waals surface area contributed by atoms with Gasteiger partial charge in [0.05, 0.1) is 6.54 Å². The minimum Gasteiger partial charge on any atom is -0.376 e. The van der Waals surface area contributed by atoms with Gasteiger partial charge in [-0.25, -0.2) is 0 Å². The average molecular weight is 249 g/mol. The van der Waals surface area contributed by atoms with E-state index in [0.717, 1.165) is 5.69 Å². The fourth-order valence-corrected chi connectivity index (χ4v) is 1.48. The van der Waals surface area contributed by atoms with Crippen molar-refractivity contribution in [3.63, 3.8) is 0 Å². The van der Waals surface area contributed by atoms with Crippen LogP contribution in [0.4, 0.5) is 5.69 Å². The van der Waals surface area contributed by atoms with Gasteiger partial charge in [-0.3, -0.25) is 9.59 Å². The molecule has 0 aromatic heterocycles. The topological polar surface area (TPSA) is 70.2 Å². The number of rotatable bonds is 6. The van der Waals surface area contributed by atoms with E-state index in [-0.39, 0.29) is 18.4 Å². The van der Waals surface area contributed by atoms with Gasteiger partial charge in [0.1, 0.15) is 0 Å². The minimum absolute atomic E-state index is 0.0686. The van der Waals surface area contributed by atoms with Gasteiger partial charge in [0.15, 0.2) is 0 Å². The molecule has 0 fully saturated rings. The quantitative estimate of drug-likeness (QED) is 0.704. The van der Waals surface area contributed by atoms with Gasteiger partial charge in [0, 0.05) is 24.3 Å². The molecule has 5 heteroatoms. The van der Waals surface area contributed by atoms with Gasteiger partial charge in [-0.1, -0.05) is 6.07 Å². The molecule has 1 aromatic carbocycles. The van der Waals surface area contributed by atoms with Crippen molar-refractivity contribution in [1.29, 1.82) is 0 Å². The molecule has 0 atom stereocenters. The lowest BCUT2D eigenvalue weighted by Crippen LogP contribution is -2.29. The molecule has 0 bridgehead atoms. The number of benzene rings is 1. The number of nitrogens with one attached hydrogen (secondary N) is 3. The molecule has 0 aliphatic heterocycles. The van der Waals surface area contributed by atoms with Crippen LogP contribution in [0, 0.1) is 0 Å². The van der Waals surface area contributed by atoms with Gasteiger partial charge in [0.2, 0.25) is 5.91 Å². The van der Waals surface area contributed by atoms with E-state index in [0.29, 0.717) is 18.7 Å². The van der Waals surface area contributed by atoms with Gasteiger partial charge in [-0.15, -0.1) is 0 Å². The van der Waals surface area contributed by atoms with Crippen LogP contribution in [-0.4, -0.2) is 31.4 Å². The molecule has 3 N–H and O–H groups in total. The molecule has 1 aromatic rings. The van der Waals surface area contributed by atoms with Crippen LogP contribution in [0.1, 0.15) is 24.2 Å². The second-order valence-corrected chi connectivity index (χ2v) is 3.75. The van der Waals surface area contributed by atoms with Crippen molar-refractivity contribution in [2.75, 3.05) is 25.0 Å². The smallest absolute Gasteiger partial charge is 0.251 e. The number of carbonyl (C=O) groups is 2. The first-order valence-electron chi connectivity index (χ1n) is 6.06. The zero-order valence-corrected chi connectivity index (χ0v) is 10.7. The van der Waals surface area contributed by atoms with Crippen molar-refractivity contribution >= 4 is 17.5 Å². The molecule has 18 heavy (non-hydrogen) atoms. The number of amides is 2. The first-order valence-corrected chi connectivity index (χ1v) is 6.06. The Morgan fingerprint density at radius 3 is 2.50 bits per heavy atom. The van der Waals surface area contributed by atoms with Crippen LogP contribution in [0.2, 0.25) is 0 Å². The fourth-order valence-electron chi connectivity index (χ4n) is 1.48. The standard InChI is InChI=1S/C13H19N3O2/c1-3-14-12(17)9-16-11-7-5-6-10(8-11)13(18)15-4-2/h5-8,16H,3-4,9H2,1-2H3,(H,14,17)(H,15,18). The van der Waals surface area contributed by atoms with E-state index in [4.69, 9.17) is 0 Å². The average Bonchev–Trinajstić information content (AvgIpc) is 2.37. The van der Waals surface area contributed by atoms with E-state index in [1.54, 1.807) is 18.2 Å².